The fourth-order valence-corrected chi connectivity index (χ4v) is 2.28. The van der Waals surface area contributed by atoms with Crippen molar-refractivity contribution in [1.29, 1.82) is 0 Å². The van der Waals surface area contributed by atoms with E-state index in [1.807, 2.05) is 0 Å². The van der Waals surface area contributed by atoms with Crippen LogP contribution in [0, 0.1) is 10.1 Å². The van der Waals surface area contributed by atoms with Gasteiger partial charge in [-0.2, -0.15) is 0 Å². The van der Waals surface area contributed by atoms with Crippen molar-refractivity contribution in [3.63, 3.8) is 0 Å². The molecule has 0 aromatic heterocycles. The highest BCUT2D eigenvalue weighted by Gasteiger charge is 2.15. The lowest BCUT2D eigenvalue weighted by Crippen LogP contribution is -2.35. The quantitative estimate of drug-likeness (QED) is 0.449. The molecule has 2 aromatic rings. The van der Waals surface area contributed by atoms with Crippen LogP contribution in [0.3, 0.4) is 0 Å². The lowest BCUT2D eigenvalue weighted by molar-refractivity contribution is -0.385. The summed E-state index contributed by atoms with van der Waals surface area (Å²) < 4.78 is 0. The predicted octanol–water partition coefficient (Wildman–Crippen LogP) is 2.34. The maximum atomic E-state index is 11.9. The number of nitrogens with one attached hydrogen (secondary N) is 2. The van der Waals surface area contributed by atoms with Crippen molar-refractivity contribution in [2.45, 2.75) is 6.42 Å². The Labute approximate surface area is 149 Å². The molecule has 0 spiro atoms. The minimum Gasteiger partial charge on any atom is -0.354 e. The molecule has 0 heterocycles. The highest BCUT2D eigenvalue weighted by Crippen LogP contribution is 2.17. The Bertz CT molecular complexity index is 778. The van der Waals surface area contributed by atoms with Crippen LogP contribution < -0.4 is 10.6 Å². The predicted molar refractivity (Wildman–Crippen MR) is 93.6 cm³/mol. The summed E-state index contributed by atoms with van der Waals surface area (Å²) in [6.45, 7) is 0.461. The minimum absolute atomic E-state index is 0.0892. The lowest BCUT2D eigenvalue weighted by atomic mass is 10.1. The van der Waals surface area contributed by atoms with E-state index in [2.05, 4.69) is 10.6 Å². The largest absolute Gasteiger partial charge is 0.354 e. The molecule has 7 nitrogen and oxygen atoms in total. The van der Waals surface area contributed by atoms with Crippen molar-refractivity contribution in [2.75, 3.05) is 13.1 Å². The molecule has 8 heteroatoms. The third-order valence-corrected chi connectivity index (χ3v) is 3.63. The van der Waals surface area contributed by atoms with Gasteiger partial charge in [-0.25, -0.2) is 0 Å². The fraction of sp³-hybridized carbons (Fsp3) is 0.176. The number of rotatable bonds is 7. The van der Waals surface area contributed by atoms with E-state index in [0.29, 0.717) is 16.1 Å². The van der Waals surface area contributed by atoms with E-state index < -0.39 is 4.92 Å². The van der Waals surface area contributed by atoms with Crippen molar-refractivity contribution in [2.24, 2.45) is 0 Å². The minimum atomic E-state index is -0.519. The molecule has 2 N–H and O–H groups in total. The Morgan fingerprint density at radius 1 is 1.00 bits per heavy atom. The SMILES string of the molecule is O=C(Cc1ccccc1[N+](=O)[O-])NCCNC(=O)c1ccc(Cl)cc1. The Morgan fingerprint density at radius 2 is 1.64 bits per heavy atom. The van der Waals surface area contributed by atoms with Crippen LogP contribution in [0.1, 0.15) is 15.9 Å². The van der Waals surface area contributed by atoms with E-state index in [9.17, 15) is 19.7 Å². The van der Waals surface area contributed by atoms with Crippen LogP contribution in [-0.2, 0) is 11.2 Å². The number of benzene rings is 2. The number of halogens is 1. The third-order valence-electron chi connectivity index (χ3n) is 3.38. The van der Waals surface area contributed by atoms with Gasteiger partial charge in [-0.3, -0.25) is 19.7 Å². The van der Waals surface area contributed by atoms with E-state index in [-0.39, 0.29) is 37.0 Å². The topological polar surface area (TPSA) is 101 Å². The number of nitro groups is 1. The first-order chi connectivity index (χ1) is 12.0. The van der Waals surface area contributed by atoms with Crippen molar-refractivity contribution < 1.29 is 14.5 Å². The van der Waals surface area contributed by atoms with Crippen LogP contribution in [0.2, 0.25) is 5.02 Å². The molecule has 0 aliphatic rings. The molecular formula is C17H16ClN3O4. The standard InChI is InChI=1S/C17H16ClN3O4/c18-14-7-5-12(6-8-14)17(23)20-10-9-19-16(22)11-13-3-1-2-4-15(13)21(24)25/h1-8H,9-11H2,(H,19,22)(H,20,23). The van der Waals surface area contributed by atoms with Crippen LogP contribution in [0.5, 0.6) is 0 Å². The fourth-order valence-electron chi connectivity index (χ4n) is 2.16. The zero-order valence-electron chi connectivity index (χ0n) is 13.2. The molecule has 130 valence electrons. The van der Waals surface area contributed by atoms with E-state index in [4.69, 9.17) is 11.6 Å². The number of hydrogen-bond donors (Lipinski definition) is 2. The normalized spacial score (nSPS) is 10.1. The van der Waals surface area contributed by atoms with Gasteiger partial charge < -0.3 is 10.6 Å². The van der Waals surface area contributed by atoms with Crippen LogP contribution in [0.25, 0.3) is 0 Å². The summed E-state index contributed by atoms with van der Waals surface area (Å²) in [6.07, 6.45) is -0.0950. The van der Waals surface area contributed by atoms with Gasteiger partial charge in [-0.15, -0.1) is 0 Å². The summed E-state index contributed by atoms with van der Waals surface area (Å²) in [6, 6.07) is 12.5. The number of para-hydroxylation sites is 1. The monoisotopic (exact) mass is 361 g/mol. The molecule has 0 saturated carbocycles. The number of nitro benzene ring substituents is 1. The number of nitrogens with zero attached hydrogens (tertiary/aromatic N) is 1. The van der Waals surface area contributed by atoms with E-state index in [1.165, 1.54) is 6.07 Å². The van der Waals surface area contributed by atoms with Crippen LogP contribution in [0.4, 0.5) is 5.69 Å². The molecule has 0 atom stereocenters. The molecule has 0 aliphatic heterocycles. The number of hydrogen-bond acceptors (Lipinski definition) is 4. The average molecular weight is 362 g/mol. The first kappa shape index (κ1) is 18.4. The van der Waals surface area contributed by atoms with Gasteiger partial charge in [-0.05, 0) is 24.3 Å². The zero-order chi connectivity index (χ0) is 18.2. The highest BCUT2D eigenvalue weighted by atomic mass is 35.5. The Balaban J connectivity index is 1.76. The Hall–Kier alpha value is -2.93. The Kier molecular flexibility index (Phi) is 6.47. The van der Waals surface area contributed by atoms with E-state index >= 15 is 0 Å². The highest BCUT2D eigenvalue weighted by molar-refractivity contribution is 6.30. The van der Waals surface area contributed by atoms with Crippen molar-refractivity contribution in [3.8, 4) is 0 Å². The maximum absolute atomic E-state index is 11.9. The number of amides is 2. The van der Waals surface area contributed by atoms with Crippen molar-refractivity contribution >= 4 is 29.1 Å². The van der Waals surface area contributed by atoms with Crippen molar-refractivity contribution in [3.05, 3.63) is 74.8 Å². The molecule has 0 radical (unpaired) electrons. The molecule has 2 rings (SSSR count). The first-order valence-corrected chi connectivity index (χ1v) is 7.88. The molecule has 0 aliphatic carbocycles. The van der Waals surface area contributed by atoms with Crippen LogP contribution in [-0.4, -0.2) is 29.8 Å². The van der Waals surface area contributed by atoms with Gasteiger partial charge in [0.25, 0.3) is 11.6 Å². The van der Waals surface area contributed by atoms with Crippen LogP contribution in [0.15, 0.2) is 48.5 Å². The zero-order valence-corrected chi connectivity index (χ0v) is 14.0. The van der Waals surface area contributed by atoms with Crippen LogP contribution >= 0.6 is 11.6 Å². The molecule has 25 heavy (non-hydrogen) atoms. The summed E-state index contributed by atoms with van der Waals surface area (Å²) in [7, 11) is 0. The average Bonchev–Trinajstić information content (AvgIpc) is 2.59. The lowest BCUT2D eigenvalue weighted by Gasteiger charge is -2.08. The molecule has 2 aromatic carbocycles. The maximum Gasteiger partial charge on any atom is 0.273 e. The van der Waals surface area contributed by atoms with Gasteiger partial charge >= 0.3 is 0 Å². The second kappa shape index (κ2) is 8.79. The van der Waals surface area contributed by atoms with Gasteiger partial charge in [0.2, 0.25) is 5.91 Å². The van der Waals surface area contributed by atoms with E-state index in [0.717, 1.165) is 0 Å². The van der Waals surface area contributed by atoms with E-state index in [1.54, 1.807) is 42.5 Å². The summed E-state index contributed by atoms with van der Waals surface area (Å²) in [4.78, 5) is 34.1. The van der Waals surface area contributed by atoms with Gasteiger partial charge in [0.05, 0.1) is 11.3 Å². The number of carbonyl (C=O) groups is 2. The molecule has 0 unspecified atom stereocenters. The summed E-state index contributed by atoms with van der Waals surface area (Å²) >= 11 is 5.75. The first-order valence-electron chi connectivity index (χ1n) is 7.50. The smallest absolute Gasteiger partial charge is 0.273 e. The molecule has 0 saturated heterocycles. The molecule has 2 amide bonds. The van der Waals surface area contributed by atoms with Gasteiger partial charge in [0.1, 0.15) is 0 Å². The second-order valence-electron chi connectivity index (χ2n) is 5.18. The molecule has 0 fully saturated rings. The van der Waals surface area contributed by atoms with Crippen molar-refractivity contribution in [1.82, 2.24) is 10.6 Å². The van der Waals surface area contributed by atoms with Gasteiger partial charge in [-0.1, -0.05) is 29.8 Å². The number of carbonyl (C=O) groups excluding carboxylic acids is 2. The molecule has 0 bridgehead atoms. The van der Waals surface area contributed by atoms with Gasteiger partial charge in [0, 0.05) is 35.3 Å². The van der Waals surface area contributed by atoms with Gasteiger partial charge in [0.15, 0.2) is 0 Å². The third kappa shape index (κ3) is 5.58. The second-order valence-corrected chi connectivity index (χ2v) is 5.61. The summed E-state index contributed by atoms with van der Waals surface area (Å²) in [5.74, 6) is -0.625. The summed E-state index contributed by atoms with van der Waals surface area (Å²) in [5, 5.41) is 16.7. The molecular weight excluding hydrogens is 346 g/mol. The summed E-state index contributed by atoms with van der Waals surface area (Å²) in [5.41, 5.74) is 0.722. The Morgan fingerprint density at radius 3 is 2.32 bits per heavy atom.